The Morgan fingerprint density at radius 1 is 0.962 bits per heavy atom. The molecule has 0 atom stereocenters. The molecular formula is C22H27ClN2O. The van der Waals surface area contributed by atoms with Crippen molar-refractivity contribution in [3.63, 3.8) is 0 Å². The Labute approximate surface area is 161 Å². The minimum Gasteiger partial charge on any atom is -0.494 e. The molecular weight excluding hydrogens is 344 g/mol. The summed E-state index contributed by atoms with van der Waals surface area (Å²) in [6.07, 6.45) is 5.81. The van der Waals surface area contributed by atoms with E-state index < -0.39 is 0 Å². The molecule has 4 rings (SSSR count). The zero-order chi connectivity index (χ0) is 16.9. The van der Waals surface area contributed by atoms with E-state index in [1.54, 1.807) is 0 Å². The first kappa shape index (κ1) is 18.8. The van der Waals surface area contributed by atoms with Crippen LogP contribution >= 0.6 is 12.4 Å². The molecule has 1 aliphatic heterocycles. The van der Waals surface area contributed by atoms with E-state index in [2.05, 4.69) is 40.3 Å². The lowest BCUT2D eigenvalue weighted by Crippen LogP contribution is -2.34. The maximum atomic E-state index is 5.79. The van der Waals surface area contributed by atoms with Crippen LogP contribution in [-0.2, 0) is 0 Å². The summed E-state index contributed by atoms with van der Waals surface area (Å²) in [4.78, 5) is 6.01. The number of aromatic amines is 1. The van der Waals surface area contributed by atoms with Gasteiger partial charge in [0.15, 0.2) is 0 Å². The monoisotopic (exact) mass is 370 g/mol. The van der Waals surface area contributed by atoms with Crippen LogP contribution in [0.4, 0.5) is 0 Å². The molecule has 3 nitrogen and oxygen atoms in total. The largest absolute Gasteiger partial charge is 0.494 e. The van der Waals surface area contributed by atoms with E-state index in [-0.39, 0.29) is 12.4 Å². The van der Waals surface area contributed by atoms with Crippen LogP contribution < -0.4 is 4.74 Å². The lowest BCUT2D eigenvalue weighted by atomic mass is 9.89. The third-order valence-electron chi connectivity index (χ3n) is 5.28. The number of fused-ring (bicyclic) bond motifs is 1. The second kappa shape index (κ2) is 9.11. The van der Waals surface area contributed by atoms with Crippen molar-refractivity contribution in [3.8, 4) is 5.75 Å². The first-order valence-corrected chi connectivity index (χ1v) is 9.36. The van der Waals surface area contributed by atoms with Gasteiger partial charge in [-0.15, -0.1) is 12.4 Å². The van der Waals surface area contributed by atoms with Gasteiger partial charge in [0.2, 0.25) is 0 Å². The van der Waals surface area contributed by atoms with Crippen LogP contribution in [0.2, 0.25) is 0 Å². The molecule has 1 saturated heterocycles. The number of rotatable bonds is 6. The molecule has 2 aromatic carbocycles. The molecule has 1 fully saturated rings. The zero-order valence-corrected chi connectivity index (χ0v) is 15.9. The number of piperidine rings is 1. The summed E-state index contributed by atoms with van der Waals surface area (Å²) in [6.45, 7) is 4.31. The van der Waals surface area contributed by atoms with Gasteiger partial charge in [-0.25, -0.2) is 0 Å². The Morgan fingerprint density at radius 2 is 1.69 bits per heavy atom. The van der Waals surface area contributed by atoms with Gasteiger partial charge in [0.05, 0.1) is 6.61 Å². The van der Waals surface area contributed by atoms with Crippen LogP contribution in [0.15, 0.2) is 60.8 Å². The molecule has 3 aromatic rings. The predicted molar refractivity (Wildman–Crippen MR) is 111 cm³/mol. The molecule has 4 heteroatoms. The molecule has 1 N–H and O–H groups in total. The molecule has 0 saturated carbocycles. The number of H-pyrrole nitrogens is 1. The highest BCUT2D eigenvalue weighted by atomic mass is 35.5. The van der Waals surface area contributed by atoms with Crippen molar-refractivity contribution in [2.24, 2.45) is 0 Å². The van der Waals surface area contributed by atoms with Gasteiger partial charge < -0.3 is 14.6 Å². The molecule has 0 unspecified atom stereocenters. The summed E-state index contributed by atoms with van der Waals surface area (Å²) < 4.78 is 5.79. The third kappa shape index (κ3) is 4.40. The summed E-state index contributed by atoms with van der Waals surface area (Å²) in [5, 5.41) is 1.40. The summed E-state index contributed by atoms with van der Waals surface area (Å²) in [5.41, 5.74) is 2.76. The first-order valence-electron chi connectivity index (χ1n) is 9.36. The van der Waals surface area contributed by atoms with Crippen molar-refractivity contribution in [2.45, 2.75) is 25.2 Å². The second-order valence-corrected chi connectivity index (χ2v) is 6.92. The van der Waals surface area contributed by atoms with Gasteiger partial charge in [0.1, 0.15) is 5.75 Å². The molecule has 0 aliphatic carbocycles. The van der Waals surface area contributed by atoms with Gasteiger partial charge in [0.25, 0.3) is 0 Å². The summed E-state index contributed by atoms with van der Waals surface area (Å²) in [7, 11) is 0. The number of nitrogens with one attached hydrogen (secondary N) is 1. The second-order valence-electron chi connectivity index (χ2n) is 6.92. The van der Waals surface area contributed by atoms with Crippen LogP contribution in [0.1, 0.15) is 30.7 Å². The van der Waals surface area contributed by atoms with Crippen LogP contribution in [0.5, 0.6) is 5.75 Å². The van der Waals surface area contributed by atoms with Crippen LogP contribution in [0.3, 0.4) is 0 Å². The van der Waals surface area contributed by atoms with Gasteiger partial charge in [0, 0.05) is 23.6 Å². The first-order chi connectivity index (χ1) is 12.4. The zero-order valence-electron chi connectivity index (χ0n) is 15.1. The molecule has 0 amide bonds. The van der Waals surface area contributed by atoms with E-state index >= 15 is 0 Å². The van der Waals surface area contributed by atoms with E-state index in [0.717, 1.165) is 25.3 Å². The fourth-order valence-electron chi connectivity index (χ4n) is 3.89. The molecule has 2 heterocycles. The molecule has 1 aliphatic rings. The lowest BCUT2D eigenvalue weighted by molar-refractivity contribution is 0.193. The quantitative estimate of drug-likeness (QED) is 0.601. The van der Waals surface area contributed by atoms with Crippen molar-refractivity contribution in [1.29, 1.82) is 0 Å². The van der Waals surface area contributed by atoms with Gasteiger partial charge >= 0.3 is 0 Å². The van der Waals surface area contributed by atoms with E-state index in [1.807, 2.05) is 30.3 Å². The Balaban J connectivity index is 0.00000196. The van der Waals surface area contributed by atoms with E-state index in [4.69, 9.17) is 4.74 Å². The van der Waals surface area contributed by atoms with Gasteiger partial charge in [-0.2, -0.15) is 0 Å². The van der Waals surface area contributed by atoms with E-state index in [9.17, 15) is 0 Å². The van der Waals surface area contributed by atoms with Crippen LogP contribution in [0, 0.1) is 0 Å². The van der Waals surface area contributed by atoms with Crippen molar-refractivity contribution >= 4 is 23.3 Å². The standard InChI is InChI=1S/C22H26N2O.ClH/c1-2-7-19(8-3-1)25-16-6-13-24-14-11-18(12-15-24)21-17-23-22-10-5-4-9-20(21)22;/h1-5,7-10,17-18,23H,6,11-16H2;1H. The number of hydrogen-bond donors (Lipinski definition) is 1. The number of benzene rings is 2. The smallest absolute Gasteiger partial charge is 0.119 e. The van der Waals surface area contributed by atoms with Crippen LogP contribution in [0.25, 0.3) is 10.9 Å². The Morgan fingerprint density at radius 3 is 2.50 bits per heavy atom. The number of halogens is 1. The highest BCUT2D eigenvalue weighted by molar-refractivity contribution is 5.85. The van der Waals surface area contributed by atoms with Gasteiger partial charge in [-0.05, 0) is 62.0 Å². The molecule has 26 heavy (non-hydrogen) atoms. The van der Waals surface area contributed by atoms with Crippen molar-refractivity contribution in [2.75, 3.05) is 26.2 Å². The fourth-order valence-corrected chi connectivity index (χ4v) is 3.89. The van der Waals surface area contributed by atoms with Gasteiger partial charge in [-0.3, -0.25) is 0 Å². The molecule has 0 spiro atoms. The lowest BCUT2D eigenvalue weighted by Gasteiger charge is -2.31. The summed E-state index contributed by atoms with van der Waals surface area (Å²) in [6, 6.07) is 18.7. The minimum absolute atomic E-state index is 0. The van der Waals surface area contributed by atoms with Crippen molar-refractivity contribution in [3.05, 3.63) is 66.4 Å². The average molecular weight is 371 g/mol. The summed E-state index contributed by atoms with van der Waals surface area (Å²) in [5.74, 6) is 1.66. The van der Waals surface area contributed by atoms with Crippen molar-refractivity contribution in [1.82, 2.24) is 9.88 Å². The van der Waals surface area contributed by atoms with Crippen LogP contribution in [-0.4, -0.2) is 36.1 Å². The highest BCUT2D eigenvalue weighted by Crippen LogP contribution is 2.33. The maximum Gasteiger partial charge on any atom is 0.119 e. The average Bonchev–Trinajstić information content (AvgIpc) is 3.11. The van der Waals surface area contributed by atoms with E-state index in [0.29, 0.717) is 5.92 Å². The Bertz CT molecular complexity index is 794. The number of likely N-dealkylation sites (tertiary alicyclic amines) is 1. The third-order valence-corrected chi connectivity index (χ3v) is 5.28. The number of nitrogens with zero attached hydrogens (tertiary/aromatic N) is 1. The Kier molecular flexibility index (Phi) is 6.59. The maximum absolute atomic E-state index is 5.79. The number of hydrogen-bond acceptors (Lipinski definition) is 2. The number of para-hydroxylation sites is 2. The van der Waals surface area contributed by atoms with Crippen molar-refractivity contribution < 1.29 is 4.74 Å². The van der Waals surface area contributed by atoms with E-state index in [1.165, 1.54) is 42.4 Å². The predicted octanol–water partition coefficient (Wildman–Crippen LogP) is 5.24. The SMILES string of the molecule is Cl.c1ccc(OCCCN2CCC(c3c[nH]c4ccccc34)CC2)cc1. The number of ether oxygens (including phenoxy) is 1. The fraction of sp³-hybridized carbons (Fsp3) is 0.364. The number of aromatic nitrogens is 1. The summed E-state index contributed by atoms with van der Waals surface area (Å²) >= 11 is 0. The Hall–Kier alpha value is -1.97. The van der Waals surface area contributed by atoms with Gasteiger partial charge in [-0.1, -0.05) is 36.4 Å². The normalized spacial score (nSPS) is 15.7. The highest BCUT2D eigenvalue weighted by Gasteiger charge is 2.22. The topological polar surface area (TPSA) is 28.3 Å². The molecule has 138 valence electrons. The molecule has 0 radical (unpaired) electrons. The molecule has 0 bridgehead atoms. The molecule has 1 aromatic heterocycles. The minimum atomic E-state index is 0.